The molecule has 0 radical (unpaired) electrons. The summed E-state index contributed by atoms with van der Waals surface area (Å²) in [6.45, 7) is 10.2. The summed E-state index contributed by atoms with van der Waals surface area (Å²) >= 11 is 0. The molecule has 2 heteroatoms. The standard InChI is InChI=1S/C24H38N2/c1-16(2)25-15-26-17(3)19-8-9-20-22(19,4)13-11-21-23-12-6-5-7-18(23)10-14-24(20,21)23/h7,16,19-21,25H,5-6,8-15H2,1-4H3/b26-17+. The van der Waals surface area contributed by atoms with E-state index in [1.807, 2.05) is 5.57 Å². The lowest BCUT2D eigenvalue weighted by atomic mass is 9.59. The maximum Gasteiger partial charge on any atom is 0.0885 e. The van der Waals surface area contributed by atoms with Crippen molar-refractivity contribution in [3.63, 3.8) is 0 Å². The third-order valence-corrected chi connectivity index (χ3v) is 9.77. The molecule has 4 fully saturated rings. The van der Waals surface area contributed by atoms with Gasteiger partial charge < -0.3 is 0 Å². The Morgan fingerprint density at radius 2 is 2.04 bits per heavy atom. The Bertz CT molecular complexity index is 661. The van der Waals surface area contributed by atoms with E-state index in [0.29, 0.717) is 22.3 Å². The molecule has 6 unspecified atom stereocenters. The van der Waals surface area contributed by atoms with E-state index in [9.17, 15) is 0 Å². The molecule has 0 heterocycles. The fourth-order valence-corrected chi connectivity index (χ4v) is 8.98. The molecule has 0 aromatic carbocycles. The molecule has 5 aliphatic carbocycles. The van der Waals surface area contributed by atoms with Gasteiger partial charge in [-0.1, -0.05) is 18.6 Å². The number of aliphatic imine (C=N–C) groups is 1. The summed E-state index contributed by atoms with van der Waals surface area (Å²) < 4.78 is 0. The smallest absolute Gasteiger partial charge is 0.0885 e. The Labute approximate surface area is 160 Å². The second-order valence-electron chi connectivity index (χ2n) is 10.7. The molecular formula is C24H38N2. The predicted molar refractivity (Wildman–Crippen MR) is 109 cm³/mol. The predicted octanol–water partition coefficient (Wildman–Crippen LogP) is 5.74. The van der Waals surface area contributed by atoms with Gasteiger partial charge in [-0.05, 0) is 101 Å². The summed E-state index contributed by atoms with van der Waals surface area (Å²) in [5.74, 6) is 2.74. The van der Waals surface area contributed by atoms with Gasteiger partial charge in [0.2, 0.25) is 0 Å². The third-order valence-electron chi connectivity index (χ3n) is 9.77. The summed E-state index contributed by atoms with van der Waals surface area (Å²) in [7, 11) is 0. The minimum Gasteiger partial charge on any atom is -0.296 e. The molecule has 4 saturated carbocycles. The van der Waals surface area contributed by atoms with Crippen molar-refractivity contribution >= 4 is 5.71 Å². The van der Waals surface area contributed by atoms with E-state index >= 15 is 0 Å². The summed E-state index contributed by atoms with van der Waals surface area (Å²) in [6.07, 6.45) is 15.8. The van der Waals surface area contributed by atoms with Gasteiger partial charge in [-0.25, -0.2) is 0 Å². The van der Waals surface area contributed by atoms with Crippen LogP contribution in [0.15, 0.2) is 16.6 Å². The van der Waals surface area contributed by atoms with Crippen LogP contribution in [0.25, 0.3) is 0 Å². The van der Waals surface area contributed by atoms with Crippen molar-refractivity contribution in [2.75, 3.05) is 6.67 Å². The average molecular weight is 355 g/mol. The molecule has 144 valence electrons. The molecule has 1 N–H and O–H groups in total. The van der Waals surface area contributed by atoms with Crippen LogP contribution in [-0.4, -0.2) is 18.4 Å². The molecule has 0 saturated heterocycles. The van der Waals surface area contributed by atoms with Gasteiger partial charge in [0.1, 0.15) is 0 Å². The number of allylic oxidation sites excluding steroid dienone is 2. The summed E-state index contributed by atoms with van der Waals surface area (Å²) in [4.78, 5) is 4.98. The average Bonchev–Trinajstić information content (AvgIpc) is 2.89. The van der Waals surface area contributed by atoms with E-state index in [4.69, 9.17) is 4.99 Å². The van der Waals surface area contributed by atoms with Crippen LogP contribution in [0.4, 0.5) is 0 Å². The second kappa shape index (κ2) is 5.69. The van der Waals surface area contributed by atoms with Gasteiger partial charge in [0.25, 0.3) is 0 Å². The van der Waals surface area contributed by atoms with Crippen molar-refractivity contribution in [3.8, 4) is 0 Å². The van der Waals surface area contributed by atoms with E-state index < -0.39 is 0 Å². The van der Waals surface area contributed by atoms with Crippen molar-refractivity contribution in [2.24, 2.45) is 39.0 Å². The van der Waals surface area contributed by atoms with Crippen LogP contribution in [0.1, 0.15) is 85.5 Å². The highest BCUT2D eigenvalue weighted by molar-refractivity contribution is 5.85. The summed E-state index contributed by atoms with van der Waals surface area (Å²) in [5.41, 5.74) is 5.24. The van der Waals surface area contributed by atoms with Crippen LogP contribution in [0.5, 0.6) is 0 Å². The van der Waals surface area contributed by atoms with Crippen molar-refractivity contribution in [1.29, 1.82) is 0 Å². The number of nitrogens with zero attached hydrogens (tertiary/aromatic N) is 1. The molecule has 0 aromatic heterocycles. The molecule has 0 bridgehead atoms. The molecule has 2 spiro atoms. The van der Waals surface area contributed by atoms with E-state index in [2.05, 4.69) is 39.1 Å². The molecule has 0 aromatic rings. The quantitative estimate of drug-likeness (QED) is 0.505. The zero-order valence-corrected chi connectivity index (χ0v) is 17.4. The topological polar surface area (TPSA) is 24.4 Å². The Hall–Kier alpha value is -0.630. The largest absolute Gasteiger partial charge is 0.296 e. The summed E-state index contributed by atoms with van der Waals surface area (Å²) in [6, 6.07) is 0.522. The van der Waals surface area contributed by atoms with Crippen LogP contribution in [0.2, 0.25) is 0 Å². The fraction of sp³-hybridized carbons (Fsp3) is 0.875. The molecule has 5 rings (SSSR count). The minimum atomic E-state index is 0.512. The van der Waals surface area contributed by atoms with Crippen molar-refractivity contribution in [2.45, 2.75) is 91.5 Å². The number of fused-ring (bicyclic) bond motifs is 1. The molecule has 0 amide bonds. The van der Waals surface area contributed by atoms with E-state index in [1.165, 1.54) is 63.5 Å². The maximum absolute atomic E-state index is 4.98. The second-order valence-corrected chi connectivity index (χ2v) is 10.7. The maximum atomic E-state index is 4.98. The first-order valence-electron chi connectivity index (χ1n) is 11.4. The number of hydrogen-bond acceptors (Lipinski definition) is 2. The molecule has 6 atom stereocenters. The zero-order valence-electron chi connectivity index (χ0n) is 17.4. The lowest BCUT2D eigenvalue weighted by Gasteiger charge is -2.45. The summed E-state index contributed by atoms with van der Waals surface area (Å²) in [5, 5.41) is 3.48. The normalized spacial score (nSPS) is 49.3. The molecule has 0 aliphatic heterocycles. The first-order valence-corrected chi connectivity index (χ1v) is 11.4. The van der Waals surface area contributed by atoms with Gasteiger partial charge in [-0.2, -0.15) is 0 Å². The monoisotopic (exact) mass is 354 g/mol. The molecule has 26 heavy (non-hydrogen) atoms. The van der Waals surface area contributed by atoms with E-state index in [0.717, 1.165) is 24.4 Å². The molecule has 2 nitrogen and oxygen atoms in total. The van der Waals surface area contributed by atoms with Crippen LogP contribution < -0.4 is 5.32 Å². The lowest BCUT2D eigenvalue weighted by molar-refractivity contribution is 0.0524. The van der Waals surface area contributed by atoms with Crippen molar-refractivity contribution in [1.82, 2.24) is 5.32 Å². The van der Waals surface area contributed by atoms with E-state index in [1.54, 1.807) is 0 Å². The SMILES string of the molecule is C/C(=N\CNC(C)C)C1CCC2C1(C)CCC1C34CCCC=C3CCC214. The van der Waals surface area contributed by atoms with Crippen LogP contribution in [0, 0.1) is 34.0 Å². The Kier molecular flexibility index (Phi) is 3.82. The lowest BCUT2D eigenvalue weighted by Crippen LogP contribution is -2.41. The van der Waals surface area contributed by atoms with Gasteiger partial charge >= 0.3 is 0 Å². The van der Waals surface area contributed by atoms with Crippen LogP contribution >= 0.6 is 0 Å². The Morgan fingerprint density at radius 3 is 2.85 bits per heavy atom. The number of nitrogens with one attached hydrogen (secondary N) is 1. The van der Waals surface area contributed by atoms with Gasteiger partial charge in [0, 0.05) is 23.1 Å². The molecular weight excluding hydrogens is 316 g/mol. The van der Waals surface area contributed by atoms with Crippen molar-refractivity contribution < 1.29 is 0 Å². The van der Waals surface area contributed by atoms with Gasteiger partial charge in [-0.3, -0.25) is 10.3 Å². The Balaban J connectivity index is 1.42. The van der Waals surface area contributed by atoms with Crippen LogP contribution in [0.3, 0.4) is 0 Å². The van der Waals surface area contributed by atoms with Gasteiger partial charge in [0.15, 0.2) is 0 Å². The third kappa shape index (κ3) is 1.95. The first kappa shape index (κ1) is 17.5. The fourth-order valence-electron chi connectivity index (χ4n) is 8.98. The zero-order chi connectivity index (χ0) is 18.2. The van der Waals surface area contributed by atoms with Gasteiger partial charge in [0.05, 0.1) is 6.67 Å². The van der Waals surface area contributed by atoms with Gasteiger partial charge in [-0.15, -0.1) is 0 Å². The molecule has 5 aliphatic rings. The van der Waals surface area contributed by atoms with Crippen molar-refractivity contribution in [3.05, 3.63) is 11.6 Å². The van der Waals surface area contributed by atoms with Crippen LogP contribution in [-0.2, 0) is 0 Å². The highest BCUT2D eigenvalue weighted by atomic mass is 15.0. The first-order chi connectivity index (χ1) is 12.5. The highest BCUT2D eigenvalue weighted by Gasteiger charge is 2.84. The highest BCUT2D eigenvalue weighted by Crippen LogP contribution is 2.91. The Morgan fingerprint density at radius 1 is 1.19 bits per heavy atom. The van der Waals surface area contributed by atoms with E-state index in [-0.39, 0.29) is 0 Å². The number of hydrogen-bond donors (Lipinski definition) is 1. The number of rotatable bonds is 4. The minimum absolute atomic E-state index is 0.512.